The predicted octanol–water partition coefficient (Wildman–Crippen LogP) is 2.18. The van der Waals surface area contributed by atoms with E-state index in [1.54, 1.807) is 7.11 Å². The van der Waals surface area contributed by atoms with Gasteiger partial charge in [0.1, 0.15) is 5.60 Å². The average molecular weight is 374 g/mol. The maximum Gasteiger partial charge on any atom is 0.260 e. The zero-order valence-corrected chi connectivity index (χ0v) is 16.2. The molecule has 1 aromatic rings. The number of hydrogen-bond donors (Lipinski definition) is 0. The van der Waals surface area contributed by atoms with E-state index in [2.05, 4.69) is 4.90 Å². The highest BCUT2D eigenvalue weighted by atomic mass is 16.5. The second-order valence-electron chi connectivity index (χ2n) is 8.10. The quantitative estimate of drug-likeness (QED) is 0.764. The van der Waals surface area contributed by atoms with Crippen LogP contribution in [0, 0.1) is 5.92 Å². The van der Waals surface area contributed by atoms with Gasteiger partial charge >= 0.3 is 0 Å². The van der Waals surface area contributed by atoms with Gasteiger partial charge in [-0.2, -0.15) is 0 Å². The Balaban J connectivity index is 1.19. The summed E-state index contributed by atoms with van der Waals surface area (Å²) >= 11 is 0. The van der Waals surface area contributed by atoms with Gasteiger partial charge in [0.2, 0.25) is 0 Å². The van der Waals surface area contributed by atoms with Crippen LogP contribution in [0.1, 0.15) is 25.7 Å². The molecule has 4 rings (SSSR count). The number of rotatable bonds is 6. The summed E-state index contributed by atoms with van der Waals surface area (Å²) in [6.07, 6.45) is 4.94. The number of carbonyl (C=O) groups excluding carboxylic acids is 1. The molecule has 0 N–H and O–H groups in total. The molecule has 6 heteroatoms. The van der Waals surface area contributed by atoms with Crippen molar-refractivity contribution in [3.05, 3.63) is 24.3 Å². The van der Waals surface area contributed by atoms with E-state index < -0.39 is 0 Å². The van der Waals surface area contributed by atoms with Crippen LogP contribution in [0.4, 0.5) is 0 Å². The first kappa shape index (κ1) is 18.6. The molecule has 1 amide bonds. The smallest absolute Gasteiger partial charge is 0.260 e. The molecule has 1 atom stereocenters. The Morgan fingerprint density at radius 1 is 1.22 bits per heavy atom. The molecule has 3 aliphatic heterocycles. The van der Waals surface area contributed by atoms with Gasteiger partial charge in [0.25, 0.3) is 5.91 Å². The summed E-state index contributed by atoms with van der Waals surface area (Å²) in [5.74, 6) is 1.90. The van der Waals surface area contributed by atoms with Crippen molar-refractivity contribution in [3.63, 3.8) is 0 Å². The minimum atomic E-state index is -0.110. The molecule has 1 spiro atoms. The summed E-state index contributed by atoms with van der Waals surface area (Å²) in [6.45, 7) is 5.91. The molecule has 3 fully saturated rings. The van der Waals surface area contributed by atoms with Crippen LogP contribution >= 0.6 is 0 Å². The molecule has 1 unspecified atom stereocenters. The second-order valence-corrected chi connectivity index (χ2v) is 8.10. The summed E-state index contributed by atoms with van der Waals surface area (Å²) in [7, 11) is 1.60. The molecule has 3 saturated heterocycles. The molecular weight excluding hydrogens is 344 g/mol. The molecular formula is C21H30N2O4. The van der Waals surface area contributed by atoms with Gasteiger partial charge < -0.3 is 24.0 Å². The first-order valence-corrected chi connectivity index (χ1v) is 10.1. The monoisotopic (exact) mass is 374 g/mol. The zero-order chi connectivity index (χ0) is 18.7. The highest BCUT2D eigenvalue weighted by Gasteiger charge is 2.48. The van der Waals surface area contributed by atoms with Crippen LogP contribution in [0.5, 0.6) is 11.5 Å². The number of likely N-dealkylation sites (tertiary alicyclic amines) is 2. The number of nitrogens with zero attached hydrogens (tertiary/aromatic N) is 2. The normalized spacial score (nSPS) is 24.6. The number of para-hydroxylation sites is 2. The Hall–Kier alpha value is -1.79. The third-order valence-corrected chi connectivity index (χ3v) is 6.08. The van der Waals surface area contributed by atoms with Crippen molar-refractivity contribution in [2.24, 2.45) is 5.92 Å². The first-order chi connectivity index (χ1) is 13.2. The Bertz CT molecular complexity index is 643. The lowest BCUT2D eigenvalue weighted by atomic mass is 9.82. The first-order valence-electron chi connectivity index (χ1n) is 10.1. The van der Waals surface area contributed by atoms with Crippen LogP contribution in [0.3, 0.4) is 0 Å². The number of amides is 1. The van der Waals surface area contributed by atoms with Crippen molar-refractivity contribution in [1.82, 2.24) is 9.80 Å². The third-order valence-electron chi connectivity index (χ3n) is 6.08. The maximum atomic E-state index is 12.4. The molecule has 3 heterocycles. The van der Waals surface area contributed by atoms with E-state index in [-0.39, 0.29) is 18.1 Å². The fourth-order valence-electron chi connectivity index (χ4n) is 4.44. The fourth-order valence-corrected chi connectivity index (χ4v) is 4.44. The summed E-state index contributed by atoms with van der Waals surface area (Å²) in [5.41, 5.74) is -0.110. The molecule has 0 saturated carbocycles. The van der Waals surface area contributed by atoms with Gasteiger partial charge in [-0.05, 0) is 56.8 Å². The van der Waals surface area contributed by atoms with Gasteiger partial charge in [0.05, 0.1) is 26.8 Å². The van der Waals surface area contributed by atoms with E-state index in [9.17, 15) is 4.79 Å². The third kappa shape index (κ3) is 4.22. The Labute approximate surface area is 161 Å². The van der Waals surface area contributed by atoms with Crippen LogP contribution in [0.15, 0.2) is 24.3 Å². The largest absolute Gasteiger partial charge is 0.493 e. The van der Waals surface area contributed by atoms with Crippen molar-refractivity contribution in [1.29, 1.82) is 0 Å². The van der Waals surface area contributed by atoms with E-state index in [1.807, 2.05) is 29.2 Å². The Morgan fingerprint density at radius 3 is 2.63 bits per heavy atom. The van der Waals surface area contributed by atoms with Crippen LogP contribution < -0.4 is 9.47 Å². The maximum absolute atomic E-state index is 12.4. The van der Waals surface area contributed by atoms with Crippen molar-refractivity contribution in [2.45, 2.75) is 31.3 Å². The van der Waals surface area contributed by atoms with E-state index >= 15 is 0 Å². The molecule has 1 aromatic carbocycles. The van der Waals surface area contributed by atoms with E-state index in [0.29, 0.717) is 30.5 Å². The minimum Gasteiger partial charge on any atom is -0.493 e. The summed E-state index contributed by atoms with van der Waals surface area (Å²) in [4.78, 5) is 16.8. The van der Waals surface area contributed by atoms with Crippen LogP contribution in [-0.2, 0) is 9.53 Å². The van der Waals surface area contributed by atoms with Crippen molar-refractivity contribution in [3.8, 4) is 11.5 Å². The van der Waals surface area contributed by atoms with Crippen molar-refractivity contribution >= 4 is 5.91 Å². The standard InChI is InChI=1S/C21H30N2O4/c1-25-18-6-2-3-7-19(18)26-14-20(24)23-15-21(16-23)9-8-17(13-27-21)12-22-10-4-5-11-22/h2-3,6-7,17H,4-5,8-16H2,1H3. The van der Waals surface area contributed by atoms with Gasteiger partial charge in [-0.3, -0.25) is 4.79 Å². The molecule has 0 aromatic heterocycles. The molecule has 148 valence electrons. The van der Waals surface area contributed by atoms with Crippen LogP contribution in [0.2, 0.25) is 0 Å². The Kier molecular flexibility index (Phi) is 5.55. The molecule has 27 heavy (non-hydrogen) atoms. The summed E-state index contributed by atoms with van der Waals surface area (Å²) in [5, 5.41) is 0. The van der Waals surface area contributed by atoms with E-state index in [0.717, 1.165) is 13.0 Å². The van der Waals surface area contributed by atoms with Crippen molar-refractivity contribution in [2.75, 3.05) is 53.0 Å². The lowest BCUT2D eigenvalue weighted by Gasteiger charge is -2.52. The second kappa shape index (κ2) is 8.07. The van der Waals surface area contributed by atoms with Gasteiger partial charge in [0, 0.05) is 6.54 Å². The van der Waals surface area contributed by atoms with Gasteiger partial charge in [-0.15, -0.1) is 0 Å². The van der Waals surface area contributed by atoms with Gasteiger partial charge in [-0.25, -0.2) is 0 Å². The topological polar surface area (TPSA) is 51.2 Å². The predicted molar refractivity (Wildman–Crippen MR) is 102 cm³/mol. The summed E-state index contributed by atoms with van der Waals surface area (Å²) in [6, 6.07) is 7.39. The zero-order valence-electron chi connectivity index (χ0n) is 16.2. The van der Waals surface area contributed by atoms with E-state index in [1.165, 1.54) is 38.9 Å². The average Bonchev–Trinajstić information content (AvgIpc) is 3.18. The lowest BCUT2D eigenvalue weighted by Crippen LogP contribution is -2.67. The highest BCUT2D eigenvalue weighted by molar-refractivity contribution is 5.79. The minimum absolute atomic E-state index is 0.00863. The number of hydrogen-bond acceptors (Lipinski definition) is 5. The number of carbonyl (C=O) groups is 1. The van der Waals surface area contributed by atoms with Gasteiger partial charge in [-0.1, -0.05) is 12.1 Å². The fraction of sp³-hybridized carbons (Fsp3) is 0.667. The number of methoxy groups -OCH3 is 1. The number of benzene rings is 1. The Morgan fingerprint density at radius 2 is 1.96 bits per heavy atom. The van der Waals surface area contributed by atoms with Gasteiger partial charge in [0.15, 0.2) is 18.1 Å². The molecule has 0 aliphatic carbocycles. The molecule has 0 bridgehead atoms. The molecule has 0 radical (unpaired) electrons. The lowest BCUT2D eigenvalue weighted by molar-refractivity contribution is -0.190. The summed E-state index contributed by atoms with van der Waals surface area (Å²) < 4.78 is 17.1. The van der Waals surface area contributed by atoms with Crippen LogP contribution in [0.25, 0.3) is 0 Å². The number of ether oxygens (including phenoxy) is 3. The molecule has 3 aliphatic rings. The van der Waals surface area contributed by atoms with Crippen LogP contribution in [-0.4, -0.2) is 74.4 Å². The van der Waals surface area contributed by atoms with E-state index in [4.69, 9.17) is 14.2 Å². The van der Waals surface area contributed by atoms with Crippen molar-refractivity contribution < 1.29 is 19.0 Å². The molecule has 6 nitrogen and oxygen atoms in total. The SMILES string of the molecule is COc1ccccc1OCC(=O)N1CC2(CCC(CN3CCCC3)CO2)C1. The highest BCUT2D eigenvalue weighted by Crippen LogP contribution is 2.36.